The van der Waals surface area contributed by atoms with Gasteiger partial charge in [-0.05, 0) is 18.3 Å². The molecular formula is C13H18O2. The van der Waals surface area contributed by atoms with Crippen LogP contribution in [0.15, 0.2) is 0 Å². The summed E-state index contributed by atoms with van der Waals surface area (Å²) in [5.74, 6) is 9.68. The third-order valence-corrected chi connectivity index (χ3v) is 1.88. The molecule has 1 N–H and O–H groups in total. The molecule has 0 fully saturated rings. The van der Waals surface area contributed by atoms with Crippen LogP contribution in [-0.4, -0.2) is 11.1 Å². The van der Waals surface area contributed by atoms with E-state index in [0.29, 0.717) is 0 Å². The summed E-state index contributed by atoms with van der Waals surface area (Å²) in [6.45, 7) is 2.19. The third-order valence-electron chi connectivity index (χ3n) is 1.88. The van der Waals surface area contributed by atoms with Crippen LogP contribution in [0, 0.1) is 23.7 Å². The first-order valence-electron chi connectivity index (χ1n) is 5.45. The predicted molar refractivity (Wildman–Crippen MR) is 61.2 cm³/mol. The summed E-state index contributed by atoms with van der Waals surface area (Å²) < 4.78 is 0. The highest BCUT2D eigenvalue weighted by Crippen LogP contribution is 2.03. The van der Waals surface area contributed by atoms with Crippen molar-refractivity contribution >= 4 is 5.97 Å². The van der Waals surface area contributed by atoms with Gasteiger partial charge in [0.1, 0.15) is 6.42 Å². The molecule has 0 unspecified atom stereocenters. The fraction of sp³-hybridized carbons (Fsp3) is 0.615. The Labute approximate surface area is 92.1 Å². The van der Waals surface area contributed by atoms with Crippen molar-refractivity contribution in [1.82, 2.24) is 0 Å². The van der Waals surface area contributed by atoms with Crippen molar-refractivity contribution in [3.63, 3.8) is 0 Å². The molecule has 0 amide bonds. The van der Waals surface area contributed by atoms with Crippen LogP contribution >= 0.6 is 0 Å². The Hall–Kier alpha value is -1.41. The van der Waals surface area contributed by atoms with Gasteiger partial charge in [-0.15, -0.1) is 0 Å². The maximum Gasteiger partial charge on any atom is 0.315 e. The molecule has 0 radical (unpaired) electrons. The van der Waals surface area contributed by atoms with E-state index in [1.165, 1.54) is 25.7 Å². The molecule has 2 heteroatoms. The Balaban J connectivity index is 3.37. The lowest BCUT2D eigenvalue weighted by atomic mass is 10.1. The van der Waals surface area contributed by atoms with E-state index >= 15 is 0 Å². The molecule has 0 aromatic carbocycles. The molecule has 0 atom stereocenters. The number of aliphatic carboxylic acids is 1. The normalized spacial score (nSPS) is 8.33. The zero-order chi connectivity index (χ0) is 11.4. The highest BCUT2D eigenvalue weighted by atomic mass is 16.4. The van der Waals surface area contributed by atoms with Gasteiger partial charge in [-0.2, -0.15) is 0 Å². The molecule has 0 aromatic rings. The van der Waals surface area contributed by atoms with Gasteiger partial charge in [0.15, 0.2) is 0 Å². The van der Waals surface area contributed by atoms with Crippen molar-refractivity contribution in [3.05, 3.63) is 0 Å². The van der Waals surface area contributed by atoms with E-state index < -0.39 is 5.97 Å². The van der Waals surface area contributed by atoms with Crippen molar-refractivity contribution in [3.8, 4) is 23.7 Å². The summed E-state index contributed by atoms with van der Waals surface area (Å²) in [4.78, 5) is 10.1. The number of carboxylic acid groups (broad SMARTS) is 1. The Morgan fingerprint density at radius 3 is 2.40 bits per heavy atom. The molecule has 0 spiro atoms. The van der Waals surface area contributed by atoms with Crippen LogP contribution in [-0.2, 0) is 4.79 Å². The van der Waals surface area contributed by atoms with E-state index in [4.69, 9.17) is 5.11 Å². The van der Waals surface area contributed by atoms with Gasteiger partial charge < -0.3 is 5.11 Å². The standard InChI is InChI=1S/C13H18O2/c1-2-3-4-5-6-7-8-9-10-11-12-13(14)15/h2-7,12H2,1H3,(H,14,15). The Kier molecular flexibility index (Phi) is 9.67. The second-order valence-corrected chi connectivity index (χ2v) is 3.34. The number of unbranched alkanes of at least 4 members (excludes halogenated alkanes) is 5. The summed E-state index contributed by atoms with van der Waals surface area (Å²) in [5.41, 5.74) is 0. The molecule has 0 aliphatic rings. The molecule has 0 heterocycles. The van der Waals surface area contributed by atoms with Gasteiger partial charge in [0.2, 0.25) is 0 Å². The maximum atomic E-state index is 10.1. The highest BCUT2D eigenvalue weighted by molar-refractivity contribution is 5.70. The number of rotatable bonds is 6. The molecule has 0 saturated carbocycles. The Morgan fingerprint density at radius 2 is 1.73 bits per heavy atom. The zero-order valence-electron chi connectivity index (χ0n) is 9.31. The number of hydrogen-bond donors (Lipinski definition) is 1. The van der Waals surface area contributed by atoms with Crippen LogP contribution in [0.3, 0.4) is 0 Å². The Bertz CT molecular complexity index is 283. The number of carbonyl (C=O) groups is 1. The van der Waals surface area contributed by atoms with Crippen molar-refractivity contribution in [2.75, 3.05) is 0 Å². The van der Waals surface area contributed by atoms with Gasteiger partial charge in [0, 0.05) is 6.42 Å². The fourth-order valence-corrected chi connectivity index (χ4v) is 1.09. The fourth-order valence-electron chi connectivity index (χ4n) is 1.09. The van der Waals surface area contributed by atoms with Gasteiger partial charge in [0.25, 0.3) is 0 Å². The maximum absolute atomic E-state index is 10.1. The summed E-state index contributed by atoms with van der Waals surface area (Å²) in [6.07, 6.45) is 6.93. The highest BCUT2D eigenvalue weighted by Gasteiger charge is 1.87. The van der Waals surface area contributed by atoms with Crippen molar-refractivity contribution in [2.45, 2.75) is 51.9 Å². The van der Waals surface area contributed by atoms with Crippen molar-refractivity contribution in [1.29, 1.82) is 0 Å². The van der Waals surface area contributed by atoms with E-state index in [1.807, 2.05) is 0 Å². The third kappa shape index (κ3) is 12.6. The molecule has 0 bridgehead atoms. The molecular weight excluding hydrogens is 188 g/mol. The first-order valence-corrected chi connectivity index (χ1v) is 5.45. The Morgan fingerprint density at radius 1 is 1.07 bits per heavy atom. The topological polar surface area (TPSA) is 37.3 Å². The van der Waals surface area contributed by atoms with Crippen LogP contribution < -0.4 is 0 Å². The lowest BCUT2D eigenvalue weighted by Gasteiger charge is -1.93. The molecule has 15 heavy (non-hydrogen) atoms. The molecule has 0 aromatic heterocycles. The minimum absolute atomic E-state index is 0.120. The number of carboxylic acids is 1. The smallest absolute Gasteiger partial charge is 0.315 e. The minimum atomic E-state index is -0.899. The summed E-state index contributed by atoms with van der Waals surface area (Å²) in [6, 6.07) is 0. The lowest BCUT2D eigenvalue weighted by molar-refractivity contribution is -0.135. The molecule has 82 valence electrons. The molecule has 0 rings (SSSR count). The van der Waals surface area contributed by atoms with Crippen LogP contribution in [0.1, 0.15) is 51.9 Å². The van der Waals surface area contributed by atoms with Crippen LogP contribution in [0.5, 0.6) is 0 Å². The summed E-state index contributed by atoms with van der Waals surface area (Å²) >= 11 is 0. The predicted octanol–water partition coefficient (Wildman–Crippen LogP) is 2.83. The minimum Gasteiger partial charge on any atom is -0.481 e. The van der Waals surface area contributed by atoms with Crippen LogP contribution in [0.4, 0.5) is 0 Å². The molecule has 2 nitrogen and oxygen atoms in total. The average Bonchev–Trinajstić information content (AvgIpc) is 2.20. The second kappa shape index (κ2) is 10.7. The van der Waals surface area contributed by atoms with Crippen LogP contribution in [0.25, 0.3) is 0 Å². The van der Waals surface area contributed by atoms with E-state index in [2.05, 4.69) is 30.6 Å². The van der Waals surface area contributed by atoms with Crippen molar-refractivity contribution in [2.24, 2.45) is 0 Å². The van der Waals surface area contributed by atoms with Crippen molar-refractivity contribution < 1.29 is 9.90 Å². The summed E-state index contributed by atoms with van der Waals surface area (Å²) in [7, 11) is 0. The largest absolute Gasteiger partial charge is 0.481 e. The van der Waals surface area contributed by atoms with E-state index in [9.17, 15) is 4.79 Å². The van der Waals surface area contributed by atoms with E-state index in [-0.39, 0.29) is 6.42 Å². The van der Waals surface area contributed by atoms with Gasteiger partial charge in [-0.1, -0.05) is 44.4 Å². The van der Waals surface area contributed by atoms with Gasteiger partial charge in [-0.25, -0.2) is 0 Å². The second-order valence-electron chi connectivity index (χ2n) is 3.34. The van der Waals surface area contributed by atoms with E-state index in [1.54, 1.807) is 0 Å². The quantitative estimate of drug-likeness (QED) is 0.536. The van der Waals surface area contributed by atoms with Gasteiger partial charge >= 0.3 is 5.97 Å². The van der Waals surface area contributed by atoms with E-state index in [0.717, 1.165) is 12.8 Å². The molecule has 0 saturated heterocycles. The van der Waals surface area contributed by atoms with Gasteiger partial charge in [-0.3, -0.25) is 4.79 Å². The van der Waals surface area contributed by atoms with Crippen LogP contribution in [0.2, 0.25) is 0 Å². The molecule has 0 aliphatic carbocycles. The average molecular weight is 206 g/mol. The first kappa shape index (κ1) is 13.6. The summed E-state index contributed by atoms with van der Waals surface area (Å²) in [5, 5.41) is 8.29. The lowest BCUT2D eigenvalue weighted by Crippen LogP contribution is -1.89. The SMILES string of the molecule is CCCCCCCC#CC#CCC(=O)O. The monoisotopic (exact) mass is 206 g/mol. The first-order chi connectivity index (χ1) is 7.27. The molecule has 0 aliphatic heterocycles. The zero-order valence-corrected chi connectivity index (χ0v) is 9.31. The van der Waals surface area contributed by atoms with Gasteiger partial charge in [0.05, 0.1) is 0 Å². The number of hydrogen-bond acceptors (Lipinski definition) is 1.